The highest BCUT2D eigenvalue weighted by molar-refractivity contribution is 7.15. The lowest BCUT2D eigenvalue weighted by Crippen LogP contribution is -2.22. The minimum Gasteiger partial charge on any atom is -0.496 e. The van der Waals surface area contributed by atoms with Gasteiger partial charge < -0.3 is 10.1 Å². The number of nitrogens with one attached hydrogen (secondary N) is 1. The van der Waals surface area contributed by atoms with Crippen molar-refractivity contribution in [3.8, 4) is 5.75 Å². The van der Waals surface area contributed by atoms with E-state index < -0.39 is 0 Å². The number of carbonyl (C=O) groups excluding carboxylic acids is 1. The SMILES string of the molecule is CCCCC(CC)C(=O)Nc1nnc(Cc2ccccc2OC)s1. The maximum Gasteiger partial charge on any atom is 0.229 e. The standard InChI is InChI=1S/C18H25N3O2S/c1-4-6-9-13(5-2)17(22)19-18-21-20-16(24-18)12-14-10-7-8-11-15(14)23-3/h7-8,10-11,13H,4-6,9,12H2,1-3H3,(H,19,21,22). The van der Waals surface area contributed by atoms with E-state index in [4.69, 9.17) is 4.74 Å². The van der Waals surface area contributed by atoms with Crippen LogP contribution in [-0.4, -0.2) is 23.2 Å². The van der Waals surface area contributed by atoms with Crippen molar-refractivity contribution in [2.45, 2.75) is 46.0 Å². The van der Waals surface area contributed by atoms with Crippen molar-refractivity contribution < 1.29 is 9.53 Å². The molecule has 0 aliphatic carbocycles. The van der Waals surface area contributed by atoms with Gasteiger partial charge in [-0.3, -0.25) is 4.79 Å². The van der Waals surface area contributed by atoms with Crippen LogP contribution in [0.15, 0.2) is 24.3 Å². The van der Waals surface area contributed by atoms with Gasteiger partial charge in [-0.1, -0.05) is 56.2 Å². The van der Waals surface area contributed by atoms with Crippen molar-refractivity contribution in [1.82, 2.24) is 10.2 Å². The summed E-state index contributed by atoms with van der Waals surface area (Å²) in [4.78, 5) is 12.3. The molecule has 1 amide bonds. The van der Waals surface area contributed by atoms with Crippen LogP contribution in [0.3, 0.4) is 0 Å². The van der Waals surface area contributed by atoms with Crippen LogP contribution in [-0.2, 0) is 11.2 Å². The van der Waals surface area contributed by atoms with Crippen molar-refractivity contribution in [2.24, 2.45) is 5.92 Å². The summed E-state index contributed by atoms with van der Waals surface area (Å²) < 4.78 is 5.36. The zero-order valence-electron chi connectivity index (χ0n) is 14.5. The Morgan fingerprint density at radius 1 is 1.29 bits per heavy atom. The molecular formula is C18H25N3O2S. The maximum absolute atomic E-state index is 12.3. The fourth-order valence-electron chi connectivity index (χ4n) is 2.57. The number of unbranched alkanes of at least 4 members (excludes halogenated alkanes) is 1. The lowest BCUT2D eigenvalue weighted by atomic mass is 9.99. The third-order valence-electron chi connectivity index (χ3n) is 4.00. The number of benzene rings is 1. The van der Waals surface area contributed by atoms with Gasteiger partial charge >= 0.3 is 0 Å². The molecule has 1 N–H and O–H groups in total. The predicted octanol–water partition coefficient (Wildman–Crippen LogP) is 4.29. The first-order valence-electron chi connectivity index (χ1n) is 8.43. The van der Waals surface area contributed by atoms with Gasteiger partial charge in [0.05, 0.1) is 7.11 Å². The lowest BCUT2D eigenvalue weighted by Gasteiger charge is -2.12. The number of anilines is 1. The molecule has 130 valence electrons. The van der Waals surface area contributed by atoms with Gasteiger partial charge in [0.25, 0.3) is 0 Å². The third kappa shape index (κ3) is 5.03. The monoisotopic (exact) mass is 347 g/mol. The van der Waals surface area contributed by atoms with E-state index in [2.05, 4.69) is 22.4 Å². The molecule has 1 aromatic heterocycles. The van der Waals surface area contributed by atoms with Crippen molar-refractivity contribution in [3.63, 3.8) is 0 Å². The first-order valence-corrected chi connectivity index (χ1v) is 9.24. The Balaban J connectivity index is 1.98. The number of hydrogen-bond acceptors (Lipinski definition) is 5. The Kier molecular flexibility index (Phi) is 7.18. The van der Waals surface area contributed by atoms with E-state index in [1.807, 2.05) is 31.2 Å². The molecule has 0 spiro atoms. The highest BCUT2D eigenvalue weighted by Gasteiger charge is 2.18. The van der Waals surface area contributed by atoms with Crippen LogP contribution < -0.4 is 10.1 Å². The number of aromatic nitrogens is 2. The third-order valence-corrected chi connectivity index (χ3v) is 4.84. The van der Waals surface area contributed by atoms with Gasteiger partial charge in [-0.2, -0.15) is 0 Å². The molecular weight excluding hydrogens is 322 g/mol. The molecule has 1 unspecified atom stereocenters. The Bertz CT molecular complexity index is 657. The minimum absolute atomic E-state index is 0.0472. The summed E-state index contributed by atoms with van der Waals surface area (Å²) in [7, 11) is 1.66. The van der Waals surface area contributed by atoms with Crippen molar-refractivity contribution in [3.05, 3.63) is 34.8 Å². The van der Waals surface area contributed by atoms with Gasteiger partial charge in [0.15, 0.2) is 0 Å². The summed E-state index contributed by atoms with van der Waals surface area (Å²) in [5.74, 6) is 0.932. The van der Waals surface area contributed by atoms with Crippen molar-refractivity contribution in [1.29, 1.82) is 0 Å². The van der Waals surface area contributed by atoms with Gasteiger partial charge in [0, 0.05) is 17.9 Å². The largest absolute Gasteiger partial charge is 0.496 e. The highest BCUT2D eigenvalue weighted by atomic mass is 32.1. The van der Waals surface area contributed by atoms with Crippen LogP contribution in [0.25, 0.3) is 0 Å². The first-order chi connectivity index (χ1) is 11.7. The summed E-state index contributed by atoms with van der Waals surface area (Å²) >= 11 is 1.42. The van der Waals surface area contributed by atoms with E-state index in [9.17, 15) is 4.79 Å². The number of amides is 1. The minimum atomic E-state index is 0.0472. The van der Waals surface area contributed by atoms with Crippen LogP contribution in [0, 0.1) is 5.92 Å². The van der Waals surface area contributed by atoms with Gasteiger partial charge in [-0.05, 0) is 18.9 Å². The molecule has 0 fully saturated rings. The Morgan fingerprint density at radius 2 is 2.08 bits per heavy atom. The Hall–Kier alpha value is -1.95. The lowest BCUT2D eigenvalue weighted by molar-refractivity contribution is -0.120. The molecule has 24 heavy (non-hydrogen) atoms. The number of carbonyl (C=O) groups is 1. The van der Waals surface area contributed by atoms with E-state index in [1.165, 1.54) is 11.3 Å². The molecule has 0 bridgehead atoms. The average molecular weight is 347 g/mol. The molecule has 0 saturated carbocycles. The van der Waals surface area contributed by atoms with Gasteiger partial charge in [-0.15, -0.1) is 10.2 Å². The zero-order chi connectivity index (χ0) is 17.4. The first kappa shape index (κ1) is 18.4. The topological polar surface area (TPSA) is 64.1 Å². The maximum atomic E-state index is 12.3. The Labute approximate surface area is 147 Å². The summed E-state index contributed by atoms with van der Waals surface area (Å²) in [5.41, 5.74) is 1.06. The smallest absolute Gasteiger partial charge is 0.229 e. The predicted molar refractivity (Wildman–Crippen MR) is 97.6 cm³/mol. The number of hydrogen-bond donors (Lipinski definition) is 1. The molecule has 0 aliphatic heterocycles. The summed E-state index contributed by atoms with van der Waals surface area (Å²) in [6.45, 7) is 4.19. The molecule has 5 nitrogen and oxygen atoms in total. The van der Waals surface area contributed by atoms with Crippen LogP contribution in [0.4, 0.5) is 5.13 Å². The van der Waals surface area contributed by atoms with Crippen molar-refractivity contribution >= 4 is 22.4 Å². The molecule has 1 aromatic carbocycles. The van der Waals surface area contributed by atoms with Crippen LogP contribution in [0.1, 0.15) is 50.1 Å². The summed E-state index contributed by atoms with van der Waals surface area (Å²) in [5, 5.41) is 12.6. The molecule has 2 aromatic rings. The van der Waals surface area contributed by atoms with E-state index in [0.717, 1.165) is 42.0 Å². The zero-order valence-corrected chi connectivity index (χ0v) is 15.4. The van der Waals surface area contributed by atoms with Gasteiger partial charge in [-0.25, -0.2) is 0 Å². The van der Waals surface area contributed by atoms with E-state index in [0.29, 0.717) is 11.6 Å². The molecule has 0 saturated heterocycles. The fraction of sp³-hybridized carbons (Fsp3) is 0.500. The number of rotatable bonds is 9. The molecule has 0 radical (unpaired) electrons. The second kappa shape index (κ2) is 9.37. The van der Waals surface area contributed by atoms with Crippen LogP contribution >= 0.6 is 11.3 Å². The molecule has 1 atom stereocenters. The normalized spacial score (nSPS) is 12.0. The molecule has 6 heteroatoms. The Morgan fingerprint density at radius 3 is 2.79 bits per heavy atom. The molecule has 1 heterocycles. The average Bonchev–Trinajstić information content (AvgIpc) is 3.03. The molecule has 0 aliphatic rings. The van der Waals surface area contributed by atoms with Crippen LogP contribution in [0.2, 0.25) is 0 Å². The second-order valence-electron chi connectivity index (χ2n) is 5.73. The highest BCUT2D eigenvalue weighted by Crippen LogP contribution is 2.25. The summed E-state index contributed by atoms with van der Waals surface area (Å²) in [6.07, 6.45) is 4.59. The number of methoxy groups -OCH3 is 1. The number of nitrogens with zero attached hydrogens (tertiary/aromatic N) is 2. The van der Waals surface area contributed by atoms with Crippen LogP contribution in [0.5, 0.6) is 5.75 Å². The quantitative estimate of drug-likeness (QED) is 0.735. The van der Waals surface area contributed by atoms with Crippen molar-refractivity contribution in [2.75, 3.05) is 12.4 Å². The van der Waals surface area contributed by atoms with E-state index in [1.54, 1.807) is 7.11 Å². The fourth-order valence-corrected chi connectivity index (χ4v) is 3.33. The second-order valence-corrected chi connectivity index (χ2v) is 6.79. The summed E-state index contributed by atoms with van der Waals surface area (Å²) in [6, 6.07) is 7.85. The number of ether oxygens (including phenoxy) is 1. The van der Waals surface area contributed by atoms with Gasteiger partial charge in [0.1, 0.15) is 10.8 Å². The van der Waals surface area contributed by atoms with Gasteiger partial charge in [0.2, 0.25) is 11.0 Å². The van der Waals surface area contributed by atoms with E-state index >= 15 is 0 Å². The molecule has 2 rings (SSSR count). The number of para-hydroxylation sites is 1. The van der Waals surface area contributed by atoms with E-state index in [-0.39, 0.29) is 11.8 Å².